The molecule has 2 aromatic rings. The lowest BCUT2D eigenvalue weighted by Crippen LogP contribution is -2.29. The predicted molar refractivity (Wildman–Crippen MR) is 90.6 cm³/mol. The molecule has 4 heterocycles. The van der Waals surface area contributed by atoms with Gasteiger partial charge >= 0.3 is 0 Å². The van der Waals surface area contributed by atoms with Gasteiger partial charge < -0.3 is 4.90 Å². The molecular formula is C17H21N5S. The molecule has 5 nitrogen and oxygen atoms in total. The average molecular weight is 327 g/mol. The molecule has 0 amide bonds. The lowest BCUT2D eigenvalue weighted by Gasteiger charge is -2.22. The van der Waals surface area contributed by atoms with Crippen LogP contribution in [0.15, 0.2) is 24.0 Å². The molecule has 2 aromatic heterocycles. The molecule has 5 rings (SSSR count). The van der Waals surface area contributed by atoms with Gasteiger partial charge in [-0.05, 0) is 41.8 Å². The van der Waals surface area contributed by atoms with E-state index >= 15 is 0 Å². The summed E-state index contributed by atoms with van der Waals surface area (Å²) >= 11 is 1.55. The Kier molecular flexibility index (Phi) is 3.33. The highest BCUT2D eigenvalue weighted by atomic mass is 32.1. The van der Waals surface area contributed by atoms with E-state index in [1.54, 1.807) is 17.9 Å². The summed E-state index contributed by atoms with van der Waals surface area (Å²) in [5, 5.41) is 2.17. The second kappa shape index (κ2) is 5.53. The van der Waals surface area contributed by atoms with Crippen molar-refractivity contribution in [2.24, 2.45) is 11.8 Å². The molecule has 120 valence electrons. The molecule has 2 saturated heterocycles. The van der Waals surface area contributed by atoms with Crippen LogP contribution in [-0.4, -0.2) is 45.4 Å². The Balaban J connectivity index is 1.24. The number of anilines is 1. The van der Waals surface area contributed by atoms with Crippen molar-refractivity contribution >= 4 is 17.4 Å². The first-order valence-corrected chi connectivity index (χ1v) is 9.36. The molecule has 2 atom stereocenters. The number of likely N-dealkylation sites (tertiary alicyclic amines) is 1. The van der Waals surface area contributed by atoms with Crippen molar-refractivity contribution in [3.8, 4) is 0 Å². The molecule has 6 heteroatoms. The van der Waals surface area contributed by atoms with Crippen LogP contribution in [0.2, 0.25) is 0 Å². The molecule has 2 unspecified atom stereocenters. The molecule has 0 radical (unpaired) electrons. The zero-order chi connectivity index (χ0) is 15.2. The third-order valence-corrected chi connectivity index (χ3v) is 6.08. The predicted octanol–water partition coefficient (Wildman–Crippen LogP) is 2.38. The van der Waals surface area contributed by atoms with E-state index in [0.717, 1.165) is 37.3 Å². The van der Waals surface area contributed by atoms with E-state index in [-0.39, 0.29) is 0 Å². The molecule has 1 saturated carbocycles. The van der Waals surface area contributed by atoms with Crippen LogP contribution in [-0.2, 0) is 6.54 Å². The molecule has 0 N–H and O–H groups in total. The summed E-state index contributed by atoms with van der Waals surface area (Å²) < 4.78 is 4.21. The summed E-state index contributed by atoms with van der Waals surface area (Å²) in [7, 11) is 0. The molecular weight excluding hydrogens is 306 g/mol. The van der Waals surface area contributed by atoms with E-state index in [1.807, 2.05) is 6.20 Å². The Bertz CT molecular complexity index is 670. The van der Waals surface area contributed by atoms with Crippen molar-refractivity contribution < 1.29 is 0 Å². The fraction of sp³-hybridized carbons (Fsp3) is 0.588. The standard InChI is InChI=1S/C17H21N5S/c1-2-13(1)16-3-17(19-11-18-16)22-8-14-6-21(7-15(14)9-22)5-12-4-20-23-10-12/h3-4,10-11,13-15H,1-2,5-9H2. The summed E-state index contributed by atoms with van der Waals surface area (Å²) in [6.07, 6.45) is 6.36. The van der Waals surface area contributed by atoms with Gasteiger partial charge in [-0.3, -0.25) is 4.90 Å². The Morgan fingerprint density at radius 3 is 2.61 bits per heavy atom. The minimum Gasteiger partial charge on any atom is -0.356 e. The van der Waals surface area contributed by atoms with Crippen LogP contribution in [0, 0.1) is 11.8 Å². The third-order valence-electron chi connectivity index (χ3n) is 5.44. The van der Waals surface area contributed by atoms with Crippen molar-refractivity contribution in [1.82, 2.24) is 19.2 Å². The van der Waals surface area contributed by atoms with Gasteiger partial charge in [-0.25, -0.2) is 14.3 Å². The van der Waals surface area contributed by atoms with Crippen LogP contribution >= 0.6 is 11.5 Å². The normalized spacial score (nSPS) is 27.6. The molecule has 1 aliphatic carbocycles. The van der Waals surface area contributed by atoms with Gasteiger partial charge in [0.25, 0.3) is 0 Å². The smallest absolute Gasteiger partial charge is 0.132 e. The summed E-state index contributed by atoms with van der Waals surface area (Å²) in [6, 6.07) is 2.23. The quantitative estimate of drug-likeness (QED) is 0.863. The maximum absolute atomic E-state index is 4.53. The maximum atomic E-state index is 4.53. The van der Waals surface area contributed by atoms with Crippen LogP contribution < -0.4 is 4.90 Å². The van der Waals surface area contributed by atoms with Gasteiger partial charge in [-0.2, -0.15) is 0 Å². The first-order valence-electron chi connectivity index (χ1n) is 8.52. The Morgan fingerprint density at radius 1 is 1.09 bits per heavy atom. The van der Waals surface area contributed by atoms with E-state index in [0.29, 0.717) is 5.92 Å². The maximum Gasteiger partial charge on any atom is 0.132 e. The van der Waals surface area contributed by atoms with E-state index in [4.69, 9.17) is 0 Å². The van der Waals surface area contributed by atoms with E-state index in [2.05, 4.69) is 35.6 Å². The van der Waals surface area contributed by atoms with Crippen LogP contribution in [0.4, 0.5) is 5.82 Å². The number of rotatable bonds is 4. The molecule has 3 aliphatic rings. The zero-order valence-corrected chi connectivity index (χ0v) is 14.0. The average Bonchev–Trinajstić information content (AvgIpc) is 2.96. The van der Waals surface area contributed by atoms with Gasteiger partial charge in [0.1, 0.15) is 12.1 Å². The third kappa shape index (κ3) is 2.74. The van der Waals surface area contributed by atoms with Crippen molar-refractivity contribution in [1.29, 1.82) is 0 Å². The lowest BCUT2D eigenvalue weighted by atomic mass is 10.0. The van der Waals surface area contributed by atoms with E-state index in [9.17, 15) is 0 Å². The van der Waals surface area contributed by atoms with Crippen LogP contribution in [0.5, 0.6) is 0 Å². The summed E-state index contributed by atoms with van der Waals surface area (Å²) in [4.78, 5) is 14.0. The van der Waals surface area contributed by atoms with Gasteiger partial charge in [-0.15, -0.1) is 0 Å². The Labute approximate surface area is 140 Å². The topological polar surface area (TPSA) is 45.2 Å². The van der Waals surface area contributed by atoms with Crippen molar-refractivity contribution in [3.05, 3.63) is 35.2 Å². The minimum atomic E-state index is 0.702. The fourth-order valence-electron chi connectivity index (χ4n) is 4.11. The SMILES string of the molecule is c1nc(C2CC2)cc(N2CC3CN(Cc4cnsc4)CC3C2)n1. The van der Waals surface area contributed by atoms with Gasteiger partial charge in [-0.1, -0.05) is 0 Å². The number of nitrogens with zero attached hydrogens (tertiary/aromatic N) is 5. The number of fused-ring (bicyclic) bond motifs is 1. The molecule has 23 heavy (non-hydrogen) atoms. The van der Waals surface area contributed by atoms with Crippen LogP contribution in [0.3, 0.4) is 0 Å². The summed E-state index contributed by atoms with van der Waals surface area (Å²) in [6.45, 7) is 5.76. The Morgan fingerprint density at radius 2 is 1.91 bits per heavy atom. The van der Waals surface area contributed by atoms with Gasteiger partial charge in [0.05, 0.1) is 0 Å². The van der Waals surface area contributed by atoms with Gasteiger partial charge in [0.2, 0.25) is 0 Å². The summed E-state index contributed by atoms with van der Waals surface area (Å²) in [5.41, 5.74) is 2.61. The van der Waals surface area contributed by atoms with E-state index < -0.39 is 0 Å². The monoisotopic (exact) mass is 327 g/mol. The number of aromatic nitrogens is 3. The van der Waals surface area contributed by atoms with Crippen molar-refractivity contribution in [3.63, 3.8) is 0 Å². The summed E-state index contributed by atoms with van der Waals surface area (Å²) in [5.74, 6) is 3.40. The highest BCUT2D eigenvalue weighted by Gasteiger charge is 2.40. The second-order valence-corrected chi connectivity index (χ2v) is 7.88. The van der Waals surface area contributed by atoms with Crippen molar-refractivity contribution in [2.75, 3.05) is 31.1 Å². The number of hydrogen-bond donors (Lipinski definition) is 0. The Hall–Kier alpha value is -1.53. The first kappa shape index (κ1) is 13.9. The highest BCUT2D eigenvalue weighted by Crippen LogP contribution is 2.40. The van der Waals surface area contributed by atoms with Crippen molar-refractivity contribution in [2.45, 2.75) is 25.3 Å². The first-order chi connectivity index (χ1) is 11.3. The highest BCUT2D eigenvalue weighted by molar-refractivity contribution is 7.03. The van der Waals surface area contributed by atoms with Crippen LogP contribution in [0.25, 0.3) is 0 Å². The zero-order valence-electron chi connectivity index (χ0n) is 13.1. The molecule has 0 spiro atoms. The largest absolute Gasteiger partial charge is 0.356 e. The van der Waals surface area contributed by atoms with E-state index in [1.165, 1.54) is 37.2 Å². The van der Waals surface area contributed by atoms with Gasteiger partial charge in [0.15, 0.2) is 0 Å². The minimum absolute atomic E-state index is 0.702. The fourth-order valence-corrected chi connectivity index (χ4v) is 4.63. The molecule has 0 bridgehead atoms. The number of hydrogen-bond acceptors (Lipinski definition) is 6. The van der Waals surface area contributed by atoms with Gasteiger partial charge in [0, 0.05) is 62.0 Å². The molecule has 2 aliphatic heterocycles. The molecule has 3 fully saturated rings. The second-order valence-electron chi connectivity index (χ2n) is 7.23. The molecule has 0 aromatic carbocycles. The lowest BCUT2D eigenvalue weighted by molar-refractivity contribution is 0.309. The van der Waals surface area contributed by atoms with Crippen LogP contribution in [0.1, 0.15) is 30.0 Å².